The van der Waals surface area contributed by atoms with Gasteiger partial charge in [0.2, 0.25) is 5.95 Å². The fraction of sp³-hybridized carbons (Fsp3) is 0.667. The number of nitrogens with zero attached hydrogens (tertiary/aromatic N) is 2. The molecule has 74 valence electrons. The molecule has 0 radical (unpaired) electrons. The number of aryl methyl sites for hydroxylation is 2. The van der Waals surface area contributed by atoms with Crippen LogP contribution in [0.15, 0.2) is 6.20 Å². The van der Waals surface area contributed by atoms with Crippen molar-refractivity contribution in [1.29, 1.82) is 0 Å². The monoisotopic (exact) mass is 183 g/mol. The van der Waals surface area contributed by atoms with Crippen molar-refractivity contribution in [2.45, 2.75) is 19.9 Å². The summed E-state index contributed by atoms with van der Waals surface area (Å²) >= 11 is 0. The minimum Gasteiger partial charge on any atom is -0.383 e. The molecule has 4 nitrogen and oxygen atoms in total. The Balaban J connectivity index is 2.57. The smallest absolute Gasteiger partial charge is 0.203 e. The summed E-state index contributed by atoms with van der Waals surface area (Å²) in [5.41, 5.74) is 1.02. The van der Waals surface area contributed by atoms with Gasteiger partial charge in [0.15, 0.2) is 0 Å². The molecule has 1 aromatic rings. The lowest BCUT2D eigenvalue weighted by Gasteiger charge is -2.12. The van der Waals surface area contributed by atoms with E-state index in [9.17, 15) is 0 Å². The second-order valence-electron chi connectivity index (χ2n) is 3.32. The lowest BCUT2D eigenvalue weighted by Crippen LogP contribution is -2.22. The SMILES string of the molecule is COCC(C)Nc1nc(C)cn1C. The van der Waals surface area contributed by atoms with Gasteiger partial charge in [-0.2, -0.15) is 0 Å². The molecule has 4 heteroatoms. The molecule has 13 heavy (non-hydrogen) atoms. The minimum absolute atomic E-state index is 0.283. The number of rotatable bonds is 4. The van der Waals surface area contributed by atoms with Crippen LogP contribution in [0.1, 0.15) is 12.6 Å². The Morgan fingerprint density at radius 1 is 1.69 bits per heavy atom. The van der Waals surface area contributed by atoms with Gasteiger partial charge in [-0.05, 0) is 13.8 Å². The molecule has 0 aliphatic heterocycles. The standard InChI is InChI=1S/C9H17N3O/c1-7-5-12(3)9(10-7)11-8(2)6-13-4/h5,8H,6H2,1-4H3,(H,10,11). The maximum Gasteiger partial charge on any atom is 0.203 e. The van der Waals surface area contributed by atoms with E-state index in [0.717, 1.165) is 11.6 Å². The average molecular weight is 183 g/mol. The maximum atomic E-state index is 5.02. The van der Waals surface area contributed by atoms with Crippen molar-refractivity contribution in [3.05, 3.63) is 11.9 Å². The van der Waals surface area contributed by atoms with Crippen LogP contribution in [-0.4, -0.2) is 29.3 Å². The third-order valence-corrected chi connectivity index (χ3v) is 1.79. The molecule has 0 fully saturated rings. The number of methoxy groups -OCH3 is 1. The Morgan fingerprint density at radius 2 is 2.38 bits per heavy atom. The summed E-state index contributed by atoms with van der Waals surface area (Å²) in [6.07, 6.45) is 1.99. The third kappa shape index (κ3) is 2.73. The first-order chi connectivity index (χ1) is 6.13. The highest BCUT2D eigenvalue weighted by atomic mass is 16.5. The van der Waals surface area contributed by atoms with Crippen molar-refractivity contribution in [3.63, 3.8) is 0 Å². The highest BCUT2D eigenvalue weighted by Gasteiger charge is 2.05. The molecule has 0 bridgehead atoms. The van der Waals surface area contributed by atoms with E-state index in [-0.39, 0.29) is 6.04 Å². The van der Waals surface area contributed by atoms with Gasteiger partial charge in [0, 0.05) is 26.4 Å². The predicted molar refractivity (Wildman–Crippen MR) is 52.9 cm³/mol. The number of ether oxygens (including phenoxy) is 1. The molecule has 1 aromatic heterocycles. The summed E-state index contributed by atoms with van der Waals surface area (Å²) < 4.78 is 7.00. The van der Waals surface area contributed by atoms with Crippen molar-refractivity contribution in [1.82, 2.24) is 9.55 Å². The Kier molecular flexibility index (Phi) is 3.31. The molecule has 0 spiro atoms. The van der Waals surface area contributed by atoms with Gasteiger partial charge >= 0.3 is 0 Å². The normalized spacial score (nSPS) is 12.9. The van der Waals surface area contributed by atoms with Crippen molar-refractivity contribution >= 4 is 5.95 Å². The predicted octanol–water partition coefficient (Wildman–Crippen LogP) is 1.18. The highest BCUT2D eigenvalue weighted by molar-refractivity contribution is 5.29. The van der Waals surface area contributed by atoms with E-state index in [0.29, 0.717) is 6.61 Å². The number of hydrogen-bond acceptors (Lipinski definition) is 3. The van der Waals surface area contributed by atoms with Gasteiger partial charge in [-0.15, -0.1) is 0 Å². The van der Waals surface area contributed by atoms with E-state index in [2.05, 4.69) is 17.2 Å². The first-order valence-corrected chi connectivity index (χ1v) is 4.39. The van der Waals surface area contributed by atoms with Crippen LogP contribution in [0.4, 0.5) is 5.95 Å². The highest BCUT2D eigenvalue weighted by Crippen LogP contribution is 2.06. The Labute approximate surface area is 78.9 Å². The second-order valence-corrected chi connectivity index (χ2v) is 3.32. The van der Waals surface area contributed by atoms with E-state index >= 15 is 0 Å². The van der Waals surface area contributed by atoms with Crippen LogP contribution >= 0.6 is 0 Å². The van der Waals surface area contributed by atoms with Gasteiger partial charge in [0.1, 0.15) is 0 Å². The van der Waals surface area contributed by atoms with E-state index in [1.165, 1.54) is 0 Å². The molecule has 0 aromatic carbocycles. The van der Waals surface area contributed by atoms with Crippen LogP contribution in [0.3, 0.4) is 0 Å². The van der Waals surface area contributed by atoms with E-state index < -0.39 is 0 Å². The van der Waals surface area contributed by atoms with Crippen LogP contribution in [-0.2, 0) is 11.8 Å². The van der Waals surface area contributed by atoms with Gasteiger partial charge in [-0.1, -0.05) is 0 Å². The van der Waals surface area contributed by atoms with Gasteiger partial charge < -0.3 is 14.6 Å². The molecule has 1 atom stereocenters. The molecule has 0 saturated heterocycles. The summed E-state index contributed by atoms with van der Waals surface area (Å²) in [6.45, 7) is 4.73. The molecule has 1 N–H and O–H groups in total. The number of anilines is 1. The molecular weight excluding hydrogens is 166 g/mol. The Morgan fingerprint density at radius 3 is 2.85 bits per heavy atom. The minimum atomic E-state index is 0.283. The van der Waals surface area contributed by atoms with Crippen molar-refractivity contribution < 1.29 is 4.74 Å². The zero-order valence-electron chi connectivity index (χ0n) is 8.66. The molecule has 0 saturated carbocycles. The zero-order chi connectivity index (χ0) is 9.84. The van der Waals surface area contributed by atoms with Crippen LogP contribution in [0.25, 0.3) is 0 Å². The summed E-state index contributed by atoms with van der Waals surface area (Å²) in [6, 6.07) is 0.283. The number of imidazole rings is 1. The fourth-order valence-corrected chi connectivity index (χ4v) is 1.26. The number of nitrogens with one attached hydrogen (secondary N) is 1. The largest absolute Gasteiger partial charge is 0.383 e. The fourth-order valence-electron chi connectivity index (χ4n) is 1.26. The molecule has 0 aliphatic rings. The van der Waals surface area contributed by atoms with Gasteiger partial charge in [0.25, 0.3) is 0 Å². The van der Waals surface area contributed by atoms with Crippen LogP contribution in [0.5, 0.6) is 0 Å². The van der Waals surface area contributed by atoms with E-state index in [1.807, 2.05) is 24.7 Å². The topological polar surface area (TPSA) is 39.1 Å². The molecule has 1 heterocycles. The Bertz CT molecular complexity index is 270. The summed E-state index contributed by atoms with van der Waals surface area (Å²) in [5, 5.41) is 3.26. The first kappa shape index (κ1) is 10.1. The maximum absolute atomic E-state index is 5.02. The van der Waals surface area contributed by atoms with Crippen LogP contribution < -0.4 is 5.32 Å². The van der Waals surface area contributed by atoms with Crippen molar-refractivity contribution in [2.24, 2.45) is 7.05 Å². The summed E-state index contributed by atoms with van der Waals surface area (Å²) in [4.78, 5) is 4.33. The Hall–Kier alpha value is -1.03. The van der Waals surface area contributed by atoms with E-state index in [4.69, 9.17) is 4.74 Å². The molecule has 0 aliphatic carbocycles. The molecular formula is C9H17N3O. The van der Waals surface area contributed by atoms with Gasteiger partial charge in [0.05, 0.1) is 12.3 Å². The molecule has 0 amide bonds. The lowest BCUT2D eigenvalue weighted by molar-refractivity contribution is 0.190. The summed E-state index contributed by atoms with van der Waals surface area (Å²) in [7, 11) is 3.67. The lowest BCUT2D eigenvalue weighted by atomic mass is 10.4. The third-order valence-electron chi connectivity index (χ3n) is 1.79. The van der Waals surface area contributed by atoms with Crippen molar-refractivity contribution in [3.8, 4) is 0 Å². The van der Waals surface area contributed by atoms with Crippen molar-refractivity contribution in [2.75, 3.05) is 19.0 Å². The zero-order valence-corrected chi connectivity index (χ0v) is 8.66. The van der Waals surface area contributed by atoms with Gasteiger partial charge in [-0.3, -0.25) is 0 Å². The van der Waals surface area contributed by atoms with Crippen LogP contribution in [0.2, 0.25) is 0 Å². The quantitative estimate of drug-likeness (QED) is 0.761. The second kappa shape index (κ2) is 4.28. The van der Waals surface area contributed by atoms with Crippen LogP contribution in [0, 0.1) is 6.92 Å². The first-order valence-electron chi connectivity index (χ1n) is 4.39. The number of aromatic nitrogens is 2. The van der Waals surface area contributed by atoms with E-state index in [1.54, 1.807) is 7.11 Å². The molecule has 1 rings (SSSR count). The number of hydrogen-bond donors (Lipinski definition) is 1. The van der Waals surface area contributed by atoms with Gasteiger partial charge in [-0.25, -0.2) is 4.98 Å². The average Bonchev–Trinajstić information content (AvgIpc) is 2.30. The molecule has 1 unspecified atom stereocenters. The summed E-state index contributed by atoms with van der Waals surface area (Å²) in [5.74, 6) is 0.891.